The number of anilines is 1. The molecule has 0 aliphatic carbocycles. The summed E-state index contributed by atoms with van der Waals surface area (Å²) in [6, 6.07) is -1.19. The lowest BCUT2D eigenvalue weighted by Crippen LogP contribution is -2.64. The van der Waals surface area contributed by atoms with Gasteiger partial charge in [-0.3, -0.25) is 14.1 Å². The Morgan fingerprint density at radius 2 is 2.06 bits per heavy atom. The van der Waals surface area contributed by atoms with Gasteiger partial charge in [0.2, 0.25) is 11.5 Å². The average molecular weight is 531 g/mol. The predicted molar refractivity (Wildman–Crippen MR) is 119 cm³/mol. The van der Waals surface area contributed by atoms with Crippen molar-refractivity contribution in [1.82, 2.24) is 24.1 Å². The van der Waals surface area contributed by atoms with Crippen LogP contribution in [0.2, 0.25) is 0 Å². The third-order valence-electron chi connectivity index (χ3n) is 5.10. The molecule has 18 heteroatoms. The Bertz CT molecular complexity index is 1280. The maximum Gasteiger partial charge on any atom is 0.362 e. The molecule has 1 saturated heterocycles. The third kappa shape index (κ3) is 5.45. The number of β-lactam (4-membered cyclic amide) rings is 1. The number of ketones is 1. The van der Waals surface area contributed by atoms with E-state index in [1.165, 1.54) is 30.2 Å². The molecule has 0 bridgehead atoms. The minimum Gasteiger partial charge on any atom is -0.478 e. The van der Waals surface area contributed by atoms with Crippen LogP contribution in [-0.2, 0) is 42.6 Å². The van der Waals surface area contributed by atoms with Crippen molar-refractivity contribution < 1.29 is 37.3 Å². The molecule has 2 aromatic rings. The summed E-state index contributed by atoms with van der Waals surface area (Å²) in [5.74, 6) is -4.09. The summed E-state index contributed by atoms with van der Waals surface area (Å²) < 4.78 is 34.5. The van der Waals surface area contributed by atoms with Crippen LogP contribution in [0.3, 0.4) is 0 Å². The van der Waals surface area contributed by atoms with E-state index in [0.717, 1.165) is 11.3 Å². The zero-order valence-electron chi connectivity index (χ0n) is 18.4. The number of aromatic nitrogens is 4. The molecule has 2 atom stereocenters. The molecule has 1 amide bonds. The number of Topliss-reactive ketones (excluding diaryl/α,β-unsaturated/α-hetero) is 1. The minimum atomic E-state index is -4.93. The topological polar surface area (TPSA) is 246 Å². The highest BCUT2D eigenvalue weighted by atomic mass is 32.2. The van der Waals surface area contributed by atoms with Gasteiger partial charge in [0.1, 0.15) is 17.8 Å². The molecule has 1 fully saturated rings. The van der Waals surface area contributed by atoms with E-state index in [1.807, 2.05) is 0 Å². The van der Waals surface area contributed by atoms with Crippen molar-refractivity contribution in [3.8, 4) is 0 Å². The largest absolute Gasteiger partial charge is 0.478 e. The van der Waals surface area contributed by atoms with Crippen LogP contribution in [0.1, 0.15) is 31.8 Å². The first-order valence-electron chi connectivity index (χ1n) is 9.87. The number of amides is 1. The predicted octanol–water partition coefficient (Wildman–Crippen LogP) is -1.35. The molecule has 0 radical (unpaired) electrons. The van der Waals surface area contributed by atoms with E-state index in [9.17, 15) is 32.5 Å². The second kappa shape index (κ2) is 9.64. The van der Waals surface area contributed by atoms with E-state index >= 15 is 0 Å². The lowest BCUT2D eigenvalue weighted by atomic mass is 9.84. The fourth-order valence-corrected chi connectivity index (χ4v) is 4.66. The van der Waals surface area contributed by atoms with Gasteiger partial charge >= 0.3 is 16.3 Å². The van der Waals surface area contributed by atoms with Gasteiger partial charge in [-0.05, 0) is 13.8 Å². The van der Waals surface area contributed by atoms with E-state index in [1.54, 1.807) is 0 Å². The van der Waals surface area contributed by atoms with Crippen LogP contribution in [0, 0.1) is 5.92 Å². The number of oxime groups is 1. The number of hydrogen-bond acceptors (Lipinski definition) is 13. The van der Waals surface area contributed by atoms with Gasteiger partial charge in [-0.15, -0.1) is 11.3 Å². The van der Waals surface area contributed by atoms with E-state index in [4.69, 9.17) is 16.3 Å². The number of thiazole rings is 1. The van der Waals surface area contributed by atoms with Gasteiger partial charge in [0.15, 0.2) is 16.6 Å². The lowest BCUT2D eigenvalue weighted by molar-refractivity contribution is -0.161. The van der Waals surface area contributed by atoms with Gasteiger partial charge in [0.05, 0.1) is 25.0 Å². The molecule has 35 heavy (non-hydrogen) atoms. The molecule has 1 aliphatic rings. The Balaban J connectivity index is 1.90. The second-order valence-electron chi connectivity index (χ2n) is 7.89. The van der Waals surface area contributed by atoms with Crippen LogP contribution in [0.25, 0.3) is 0 Å². The highest BCUT2D eigenvalue weighted by molar-refractivity contribution is 7.84. The Labute approximate surface area is 202 Å². The molecule has 6 N–H and O–H groups in total. The van der Waals surface area contributed by atoms with Crippen molar-refractivity contribution in [3.63, 3.8) is 0 Å². The molecular formula is C17H22N8O8S2. The van der Waals surface area contributed by atoms with Gasteiger partial charge in [-0.2, -0.15) is 13.5 Å². The van der Waals surface area contributed by atoms with Gasteiger partial charge in [-0.25, -0.2) is 23.7 Å². The number of carboxylic acids is 1. The minimum absolute atomic E-state index is 0.0182. The normalized spacial score (nSPS) is 18.9. The van der Waals surface area contributed by atoms with E-state index < -0.39 is 57.7 Å². The standard InChI is InChI=1S/C17H22N8O8S2/c1-17(2,15(28)29)33-23-13(9-6-34-16(19)22-9)11(26)3-8-10(25(14(8)27)35(30,31)32)5-24-12(4-18)20-7-21-24/h6-8,10H,3-5,18H2,1-2H3,(H2,19,22)(H,28,29)(H,30,31,32)/b23-13-/t8-,10+/m0/s1. The van der Waals surface area contributed by atoms with Crippen molar-refractivity contribution in [2.75, 3.05) is 5.73 Å². The van der Waals surface area contributed by atoms with Crippen LogP contribution in [-0.4, -0.2) is 77.1 Å². The SMILES string of the molecule is CC(C)(O/N=C(\C(=O)C[C@@H]1C(=O)N(S(=O)(=O)O)[C@@H]1Cn1ncnc1CN)c1csc(N)n1)C(=O)O. The summed E-state index contributed by atoms with van der Waals surface area (Å²) >= 11 is 0.984. The number of carbonyl (C=O) groups is 3. The third-order valence-corrected chi connectivity index (χ3v) is 6.72. The van der Waals surface area contributed by atoms with Crippen molar-refractivity contribution >= 4 is 50.1 Å². The number of nitrogen functional groups attached to an aromatic ring is 1. The van der Waals surface area contributed by atoms with Crippen molar-refractivity contribution in [2.24, 2.45) is 16.8 Å². The Morgan fingerprint density at radius 1 is 1.37 bits per heavy atom. The maximum atomic E-state index is 13.1. The molecule has 0 aromatic carbocycles. The molecule has 0 unspecified atom stereocenters. The van der Waals surface area contributed by atoms with Crippen molar-refractivity contribution in [1.29, 1.82) is 0 Å². The summed E-state index contributed by atoms with van der Waals surface area (Å²) in [4.78, 5) is 50.0. The first-order valence-corrected chi connectivity index (χ1v) is 12.2. The van der Waals surface area contributed by atoms with Crippen LogP contribution in [0.4, 0.5) is 5.13 Å². The lowest BCUT2D eigenvalue weighted by Gasteiger charge is -2.43. The smallest absolute Gasteiger partial charge is 0.362 e. The van der Waals surface area contributed by atoms with E-state index in [-0.39, 0.29) is 34.0 Å². The van der Waals surface area contributed by atoms with Crippen LogP contribution in [0.5, 0.6) is 0 Å². The summed E-state index contributed by atoms with van der Waals surface area (Å²) in [5.41, 5.74) is 8.98. The van der Waals surface area contributed by atoms with Crippen molar-refractivity contribution in [2.45, 2.75) is 45.0 Å². The highest BCUT2D eigenvalue weighted by Crippen LogP contribution is 2.34. The summed E-state index contributed by atoms with van der Waals surface area (Å²) in [6.45, 7) is 2.15. The summed E-state index contributed by atoms with van der Waals surface area (Å²) in [7, 11) is -4.93. The number of aliphatic carboxylic acids is 1. The van der Waals surface area contributed by atoms with Gasteiger partial charge in [-0.1, -0.05) is 5.16 Å². The summed E-state index contributed by atoms with van der Waals surface area (Å²) in [6.07, 6.45) is 0.620. The zero-order valence-corrected chi connectivity index (χ0v) is 20.1. The average Bonchev–Trinajstić information content (AvgIpc) is 3.39. The molecule has 0 spiro atoms. The van der Waals surface area contributed by atoms with Gasteiger partial charge < -0.3 is 21.4 Å². The maximum absolute atomic E-state index is 13.1. The molecule has 2 aromatic heterocycles. The van der Waals surface area contributed by atoms with Crippen LogP contribution in [0.15, 0.2) is 16.9 Å². The van der Waals surface area contributed by atoms with Crippen molar-refractivity contribution in [3.05, 3.63) is 23.2 Å². The number of hydrogen-bond donors (Lipinski definition) is 4. The summed E-state index contributed by atoms with van der Waals surface area (Å²) in [5, 5.41) is 18.3. The molecule has 3 rings (SSSR count). The van der Waals surface area contributed by atoms with Gasteiger partial charge in [0, 0.05) is 11.8 Å². The van der Waals surface area contributed by atoms with Gasteiger partial charge in [0.25, 0.3) is 0 Å². The van der Waals surface area contributed by atoms with E-state index in [2.05, 4.69) is 20.2 Å². The fourth-order valence-electron chi connectivity index (χ4n) is 3.19. The number of rotatable bonds is 11. The molecule has 190 valence electrons. The first kappa shape index (κ1) is 26.1. The number of carbonyl (C=O) groups excluding carboxylic acids is 2. The molecular weight excluding hydrogens is 508 g/mol. The van der Waals surface area contributed by atoms with Crippen LogP contribution >= 0.6 is 11.3 Å². The first-order chi connectivity index (χ1) is 16.3. The molecule has 0 saturated carbocycles. The molecule has 3 heterocycles. The van der Waals surface area contributed by atoms with E-state index in [0.29, 0.717) is 0 Å². The number of nitrogens with two attached hydrogens (primary N) is 2. The number of nitrogens with zero attached hydrogens (tertiary/aromatic N) is 6. The Hall–Kier alpha value is -3.48. The molecule has 1 aliphatic heterocycles. The Morgan fingerprint density at radius 3 is 2.60 bits per heavy atom. The second-order valence-corrected chi connectivity index (χ2v) is 10.1. The van der Waals surface area contributed by atoms with Crippen LogP contribution < -0.4 is 11.5 Å². The fraction of sp³-hybridized carbons (Fsp3) is 0.471. The number of carboxylic acid groups (broad SMARTS) is 1. The zero-order chi connectivity index (χ0) is 26.1. The highest BCUT2D eigenvalue weighted by Gasteiger charge is 2.54. The molecule has 16 nitrogen and oxygen atoms in total. The monoisotopic (exact) mass is 530 g/mol. The Kier molecular flexibility index (Phi) is 7.20. The quantitative estimate of drug-likeness (QED) is 0.114.